The molecule has 0 aromatic heterocycles. The second kappa shape index (κ2) is 10.3. The van der Waals surface area contributed by atoms with Gasteiger partial charge in [0.05, 0.1) is 5.69 Å². The van der Waals surface area contributed by atoms with Crippen molar-refractivity contribution in [3.8, 4) is 11.5 Å². The Bertz CT molecular complexity index is 1300. The predicted octanol–water partition coefficient (Wildman–Crippen LogP) is 3.40. The van der Waals surface area contributed by atoms with Gasteiger partial charge in [-0.1, -0.05) is 42.5 Å². The lowest BCUT2D eigenvalue weighted by Crippen LogP contribution is -2.54. The number of amides is 4. The van der Waals surface area contributed by atoms with E-state index >= 15 is 0 Å². The number of carboxylic acid groups (broad SMARTS) is 1. The van der Waals surface area contributed by atoms with E-state index in [0.29, 0.717) is 17.9 Å². The molecule has 4 amide bonds. The van der Waals surface area contributed by atoms with Crippen molar-refractivity contribution in [2.24, 2.45) is 0 Å². The molecule has 0 aliphatic carbocycles. The van der Waals surface area contributed by atoms with Gasteiger partial charge in [-0.05, 0) is 53.6 Å². The molecule has 1 aliphatic rings. The lowest BCUT2D eigenvalue weighted by Gasteiger charge is -2.26. The average Bonchev–Trinajstić information content (AvgIpc) is 2.85. The monoisotopic (exact) mass is 472 g/mol. The molecule has 0 unspecified atom stereocenters. The van der Waals surface area contributed by atoms with E-state index in [1.807, 2.05) is 30.3 Å². The minimum atomic E-state index is -1.14. The Morgan fingerprint density at radius 1 is 0.886 bits per heavy atom. The maximum Gasteiger partial charge on any atom is 0.341 e. The van der Waals surface area contributed by atoms with Crippen molar-refractivity contribution >= 4 is 35.6 Å². The van der Waals surface area contributed by atoms with Crippen molar-refractivity contribution < 1.29 is 33.8 Å². The van der Waals surface area contributed by atoms with E-state index in [4.69, 9.17) is 14.6 Å². The number of hydrogen-bond donors (Lipinski definition) is 2. The van der Waals surface area contributed by atoms with Gasteiger partial charge in [-0.15, -0.1) is 0 Å². The number of aliphatic carboxylic acids is 1. The normalized spacial score (nSPS) is 14.6. The second-order valence-corrected chi connectivity index (χ2v) is 7.48. The number of nitrogens with zero attached hydrogens (tertiary/aromatic N) is 1. The van der Waals surface area contributed by atoms with Crippen molar-refractivity contribution in [2.45, 2.75) is 6.61 Å². The molecule has 1 heterocycles. The van der Waals surface area contributed by atoms with Crippen LogP contribution in [0.3, 0.4) is 0 Å². The van der Waals surface area contributed by atoms with Gasteiger partial charge in [0, 0.05) is 0 Å². The molecule has 0 radical (unpaired) electrons. The molecule has 9 nitrogen and oxygen atoms in total. The molecule has 1 aliphatic heterocycles. The number of carbonyl (C=O) groups excluding carboxylic acids is 3. The highest BCUT2D eigenvalue weighted by molar-refractivity contribution is 6.39. The smallest absolute Gasteiger partial charge is 0.341 e. The number of benzene rings is 3. The third kappa shape index (κ3) is 5.72. The SMILES string of the molecule is O=C(O)COc1cccc(/C=C2/C(=O)NC(=O)N(c3ccc(OCc4ccccc4)cc3)C2=O)c1. The van der Waals surface area contributed by atoms with E-state index in [0.717, 1.165) is 10.5 Å². The van der Waals surface area contributed by atoms with Crippen LogP contribution in [0.25, 0.3) is 6.08 Å². The maximum absolute atomic E-state index is 13.1. The summed E-state index contributed by atoms with van der Waals surface area (Å²) in [6, 6.07) is 21.3. The van der Waals surface area contributed by atoms with Crippen LogP contribution in [0, 0.1) is 0 Å². The number of hydrogen-bond acceptors (Lipinski definition) is 6. The van der Waals surface area contributed by atoms with Crippen molar-refractivity contribution in [3.05, 3.63) is 95.6 Å². The van der Waals surface area contributed by atoms with Gasteiger partial charge >= 0.3 is 12.0 Å². The molecule has 4 rings (SSSR count). The van der Waals surface area contributed by atoms with Crippen LogP contribution in [0.5, 0.6) is 11.5 Å². The predicted molar refractivity (Wildman–Crippen MR) is 126 cm³/mol. The quantitative estimate of drug-likeness (QED) is 0.381. The Kier molecular flexibility index (Phi) is 6.87. The van der Waals surface area contributed by atoms with E-state index in [9.17, 15) is 19.2 Å². The van der Waals surface area contributed by atoms with E-state index in [-0.39, 0.29) is 17.0 Å². The van der Waals surface area contributed by atoms with E-state index < -0.39 is 30.4 Å². The molecule has 0 spiro atoms. The van der Waals surface area contributed by atoms with Gasteiger partial charge in [-0.2, -0.15) is 0 Å². The Morgan fingerprint density at radius 2 is 1.63 bits per heavy atom. The van der Waals surface area contributed by atoms with Crippen molar-refractivity contribution in [1.29, 1.82) is 0 Å². The summed E-state index contributed by atoms with van der Waals surface area (Å²) in [6.07, 6.45) is 1.31. The lowest BCUT2D eigenvalue weighted by atomic mass is 10.1. The molecule has 35 heavy (non-hydrogen) atoms. The summed E-state index contributed by atoms with van der Waals surface area (Å²) in [5, 5.41) is 10.9. The summed E-state index contributed by atoms with van der Waals surface area (Å²) in [5.74, 6) is -1.97. The van der Waals surface area contributed by atoms with Crippen LogP contribution in [-0.2, 0) is 21.0 Å². The number of imide groups is 2. The largest absolute Gasteiger partial charge is 0.489 e. The first-order valence-corrected chi connectivity index (χ1v) is 10.5. The number of barbiturate groups is 1. The van der Waals surface area contributed by atoms with Crippen LogP contribution in [0.15, 0.2) is 84.4 Å². The number of carboxylic acids is 1. The Labute approximate surface area is 200 Å². The summed E-state index contributed by atoms with van der Waals surface area (Å²) in [4.78, 5) is 49.5. The minimum absolute atomic E-state index is 0.254. The fourth-order valence-electron chi connectivity index (χ4n) is 3.33. The highest BCUT2D eigenvalue weighted by atomic mass is 16.5. The summed E-state index contributed by atoms with van der Waals surface area (Å²) < 4.78 is 10.9. The number of anilines is 1. The number of nitrogens with one attached hydrogen (secondary N) is 1. The Balaban J connectivity index is 1.52. The standard InChI is InChI=1S/C26H20N2O7/c29-23(30)16-35-21-8-4-7-18(13-21)14-22-24(31)27-26(33)28(25(22)32)19-9-11-20(12-10-19)34-15-17-5-2-1-3-6-17/h1-14H,15-16H2,(H,29,30)(H,27,31,33)/b22-14-. The molecule has 0 bridgehead atoms. The Morgan fingerprint density at radius 3 is 2.34 bits per heavy atom. The summed E-state index contributed by atoms with van der Waals surface area (Å²) in [7, 11) is 0. The van der Waals surface area contributed by atoms with Gasteiger partial charge in [-0.25, -0.2) is 14.5 Å². The lowest BCUT2D eigenvalue weighted by molar-refractivity contribution is -0.139. The fraction of sp³-hybridized carbons (Fsp3) is 0.0769. The van der Waals surface area contributed by atoms with Crippen LogP contribution in [0.4, 0.5) is 10.5 Å². The van der Waals surface area contributed by atoms with E-state index in [1.54, 1.807) is 42.5 Å². The molecular formula is C26H20N2O7. The second-order valence-electron chi connectivity index (χ2n) is 7.48. The maximum atomic E-state index is 13.1. The number of urea groups is 1. The molecule has 9 heteroatoms. The first kappa shape index (κ1) is 23.2. The zero-order valence-corrected chi connectivity index (χ0v) is 18.3. The van der Waals surface area contributed by atoms with Gasteiger partial charge < -0.3 is 14.6 Å². The number of rotatable bonds is 8. The van der Waals surface area contributed by atoms with Gasteiger partial charge in [0.15, 0.2) is 6.61 Å². The van der Waals surface area contributed by atoms with Gasteiger partial charge in [-0.3, -0.25) is 14.9 Å². The van der Waals surface area contributed by atoms with Crippen LogP contribution in [0.2, 0.25) is 0 Å². The van der Waals surface area contributed by atoms with Crippen molar-refractivity contribution in [1.82, 2.24) is 5.32 Å². The molecule has 0 saturated carbocycles. The third-order valence-electron chi connectivity index (χ3n) is 4.98. The third-order valence-corrected chi connectivity index (χ3v) is 4.98. The Hall–Kier alpha value is -4.92. The highest BCUT2D eigenvalue weighted by Gasteiger charge is 2.36. The highest BCUT2D eigenvalue weighted by Crippen LogP contribution is 2.25. The molecule has 1 fully saturated rings. The summed E-state index contributed by atoms with van der Waals surface area (Å²) in [6.45, 7) is -0.174. The zero-order valence-electron chi connectivity index (χ0n) is 18.3. The molecule has 176 valence electrons. The summed E-state index contributed by atoms with van der Waals surface area (Å²) in [5.41, 5.74) is 1.42. The van der Waals surface area contributed by atoms with Crippen molar-refractivity contribution in [3.63, 3.8) is 0 Å². The van der Waals surface area contributed by atoms with E-state index in [1.165, 1.54) is 12.1 Å². The number of carbonyl (C=O) groups is 4. The molecule has 3 aromatic carbocycles. The zero-order chi connectivity index (χ0) is 24.8. The van der Waals surface area contributed by atoms with Gasteiger partial charge in [0.1, 0.15) is 23.7 Å². The fourth-order valence-corrected chi connectivity index (χ4v) is 3.33. The first-order chi connectivity index (χ1) is 16.9. The molecule has 0 atom stereocenters. The van der Waals surface area contributed by atoms with Gasteiger partial charge in [0.25, 0.3) is 11.8 Å². The molecule has 3 aromatic rings. The minimum Gasteiger partial charge on any atom is -0.489 e. The van der Waals surface area contributed by atoms with E-state index in [2.05, 4.69) is 5.32 Å². The van der Waals surface area contributed by atoms with Crippen LogP contribution >= 0.6 is 0 Å². The molecule has 1 saturated heterocycles. The topological polar surface area (TPSA) is 122 Å². The summed E-state index contributed by atoms with van der Waals surface area (Å²) >= 11 is 0. The van der Waals surface area contributed by atoms with Crippen molar-refractivity contribution in [2.75, 3.05) is 11.5 Å². The first-order valence-electron chi connectivity index (χ1n) is 10.5. The average molecular weight is 472 g/mol. The van der Waals surface area contributed by atoms with Gasteiger partial charge in [0.2, 0.25) is 0 Å². The number of ether oxygens (including phenoxy) is 2. The molecular weight excluding hydrogens is 452 g/mol. The van der Waals surface area contributed by atoms with Crippen LogP contribution < -0.4 is 19.7 Å². The molecule has 2 N–H and O–H groups in total. The van der Waals surface area contributed by atoms with Crippen LogP contribution in [0.1, 0.15) is 11.1 Å². The van der Waals surface area contributed by atoms with Crippen LogP contribution in [-0.4, -0.2) is 35.5 Å².